The number of anilines is 1. The number of halogens is 1. The molecule has 0 aromatic heterocycles. The van der Waals surface area contributed by atoms with Crippen LogP contribution in [0.2, 0.25) is 5.02 Å². The minimum absolute atomic E-state index is 0.120. The van der Waals surface area contributed by atoms with E-state index in [0.717, 1.165) is 11.8 Å². The number of hydrogen-bond acceptors (Lipinski definition) is 5. The number of nitrogens with one attached hydrogen (secondary N) is 1. The molecule has 3 aromatic carbocycles. The number of rotatable bonds is 10. The molecule has 1 N–H and O–H groups in total. The van der Waals surface area contributed by atoms with Crippen LogP contribution < -0.4 is 14.8 Å². The van der Waals surface area contributed by atoms with Gasteiger partial charge >= 0.3 is 0 Å². The van der Waals surface area contributed by atoms with Crippen LogP contribution in [-0.2, 0) is 21.2 Å². The van der Waals surface area contributed by atoms with Gasteiger partial charge in [0.05, 0.1) is 11.5 Å². The maximum absolute atomic E-state index is 12.1. The summed E-state index contributed by atoms with van der Waals surface area (Å²) in [5.74, 6) is 1.12. The minimum Gasteiger partial charge on any atom is -0.494 e. The van der Waals surface area contributed by atoms with E-state index in [2.05, 4.69) is 5.32 Å². The van der Waals surface area contributed by atoms with Crippen molar-refractivity contribution in [2.24, 2.45) is 0 Å². The van der Waals surface area contributed by atoms with E-state index in [0.29, 0.717) is 48.3 Å². The van der Waals surface area contributed by atoms with Gasteiger partial charge in [0.2, 0.25) is 5.91 Å². The summed E-state index contributed by atoms with van der Waals surface area (Å²) in [7, 11) is -3.23. The van der Waals surface area contributed by atoms with Crippen molar-refractivity contribution in [2.75, 3.05) is 18.2 Å². The molecule has 0 saturated heterocycles. The molecule has 0 aliphatic heterocycles. The standard InChI is InChI=1S/C24H24ClNO5S/c1-32(28,29)22-14-12-20(13-15-22)30-16-4-7-24(27)26-19-8-10-21(11-9-19)31-17-18-5-2-3-6-23(18)25/h2-3,5-6,8-15H,4,7,16-17H2,1H3,(H,26,27). The third-order valence-electron chi connectivity index (χ3n) is 4.56. The monoisotopic (exact) mass is 473 g/mol. The van der Waals surface area contributed by atoms with Crippen molar-refractivity contribution in [3.8, 4) is 11.5 Å². The van der Waals surface area contributed by atoms with Gasteiger partial charge in [0, 0.05) is 29.0 Å². The fraction of sp³-hybridized carbons (Fsp3) is 0.208. The van der Waals surface area contributed by atoms with Crippen molar-refractivity contribution in [1.82, 2.24) is 0 Å². The quantitative estimate of drug-likeness (QED) is 0.413. The zero-order chi connectivity index (χ0) is 23.0. The van der Waals surface area contributed by atoms with Crippen LogP contribution >= 0.6 is 11.6 Å². The maximum atomic E-state index is 12.1. The lowest BCUT2D eigenvalue weighted by Crippen LogP contribution is -2.12. The summed E-state index contributed by atoms with van der Waals surface area (Å²) in [6, 6.07) is 20.8. The SMILES string of the molecule is CS(=O)(=O)c1ccc(OCCCC(=O)Nc2ccc(OCc3ccccc3Cl)cc2)cc1. The van der Waals surface area contributed by atoms with E-state index >= 15 is 0 Å². The Kier molecular flexibility index (Phi) is 8.14. The second-order valence-electron chi connectivity index (χ2n) is 7.15. The van der Waals surface area contributed by atoms with E-state index in [1.165, 1.54) is 12.1 Å². The zero-order valence-corrected chi connectivity index (χ0v) is 19.2. The van der Waals surface area contributed by atoms with Gasteiger partial charge in [-0.1, -0.05) is 29.8 Å². The third kappa shape index (κ3) is 7.28. The van der Waals surface area contributed by atoms with Crippen LogP contribution in [-0.4, -0.2) is 27.2 Å². The smallest absolute Gasteiger partial charge is 0.224 e. The van der Waals surface area contributed by atoms with Crippen molar-refractivity contribution in [2.45, 2.75) is 24.3 Å². The van der Waals surface area contributed by atoms with Gasteiger partial charge in [-0.15, -0.1) is 0 Å². The molecule has 0 fully saturated rings. The number of amides is 1. The Morgan fingerprint density at radius 2 is 1.53 bits per heavy atom. The van der Waals surface area contributed by atoms with Crippen LogP contribution in [0.5, 0.6) is 11.5 Å². The largest absolute Gasteiger partial charge is 0.494 e. The first-order chi connectivity index (χ1) is 15.3. The maximum Gasteiger partial charge on any atom is 0.224 e. The number of carbonyl (C=O) groups is 1. The van der Waals surface area contributed by atoms with Crippen molar-refractivity contribution >= 4 is 33.0 Å². The topological polar surface area (TPSA) is 81.7 Å². The lowest BCUT2D eigenvalue weighted by Gasteiger charge is -2.10. The van der Waals surface area contributed by atoms with Crippen LogP contribution in [0.15, 0.2) is 77.7 Å². The van der Waals surface area contributed by atoms with Gasteiger partial charge in [0.1, 0.15) is 18.1 Å². The molecule has 168 valence electrons. The zero-order valence-electron chi connectivity index (χ0n) is 17.6. The number of sulfone groups is 1. The first kappa shape index (κ1) is 23.6. The molecule has 0 saturated carbocycles. The summed E-state index contributed by atoms with van der Waals surface area (Å²) in [6.45, 7) is 0.711. The highest BCUT2D eigenvalue weighted by Crippen LogP contribution is 2.20. The molecule has 8 heteroatoms. The first-order valence-corrected chi connectivity index (χ1v) is 12.3. The van der Waals surface area contributed by atoms with E-state index in [1.54, 1.807) is 36.4 Å². The molecule has 0 heterocycles. The summed E-state index contributed by atoms with van der Waals surface area (Å²) in [6.07, 6.45) is 1.98. The van der Waals surface area contributed by atoms with Gasteiger partial charge in [-0.05, 0) is 61.0 Å². The molecule has 32 heavy (non-hydrogen) atoms. The molecule has 0 bridgehead atoms. The fourth-order valence-corrected chi connectivity index (χ4v) is 3.66. The number of carbonyl (C=O) groups excluding carboxylic acids is 1. The Bertz CT molecular complexity index is 1150. The van der Waals surface area contributed by atoms with Crippen LogP contribution in [0, 0.1) is 0 Å². The van der Waals surface area contributed by atoms with E-state index in [-0.39, 0.29) is 10.8 Å². The van der Waals surface area contributed by atoms with Crippen LogP contribution in [0.4, 0.5) is 5.69 Å². The lowest BCUT2D eigenvalue weighted by atomic mass is 10.2. The summed E-state index contributed by atoms with van der Waals surface area (Å²) in [5.41, 5.74) is 1.58. The average molecular weight is 474 g/mol. The predicted molar refractivity (Wildman–Crippen MR) is 125 cm³/mol. The van der Waals surface area contributed by atoms with Crippen molar-refractivity contribution in [3.63, 3.8) is 0 Å². The molecule has 0 unspecified atom stereocenters. The minimum atomic E-state index is -3.23. The van der Waals surface area contributed by atoms with Crippen LogP contribution in [0.1, 0.15) is 18.4 Å². The first-order valence-electron chi connectivity index (χ1n) is 10.0. The number of hydrogen-bond donors (Lipinski definition) is 1. The molecule has 3 rings (SSSR count). The highest BCUT2D eigenvalue weighted by atomic mass is 35.5. The Balaban J connectivity index is 1.38. The second-order valence-corrected chi connectivity index (χ2v) is 9.57. The van der Waals surface area contributed by atoms with E-state index in [9.17, 15) is 13.2 Å². The van der Waals surface area contributed by atoms with E-state index in [1.807, 2.05) is 24.3 Å². The predicted octanol–water partition coefficient (Wildman–Crippen LogP) is 5.12. The second kappa shape index (κ2) is 11.0. The average Bonchev–Trinajstić information content (AvgIpc) is 2.77. The third-order valence-corrected chi connectivity index (χ3v) is 6.06. The Hall–Kier alpha value is -3.03. The Morgan fingerprint density at radius 3 is 2.19 bits per heavy atom. The summed E-state index contributed by atoms with van der Waals surface area (Å²) in [5, 5.41) is 3.50. The van der Waals surface area contributed by atoms with Gasteiger partial charge < -0.3 is 14.8 Å². The highest BCUT2D eigenvalue weighted by molar-refractivity contribution is 7.90. The summed E-state index contributed by atoms with van der Waals surface area (Å²) >= 11 is 6.12. The Labute approximate surface area is 193 Å². The van der Waals surface area contributed by atoms with Crippen molar-refractivity contribution < 1.29 is 22.7 Å². The normalized spacial score (nSPS) is 11.1. The Morgan fingerprint density at radius 1 is 0.906 bits per heavy atom. The summed E-state index contributed by atoms with van der Waals surface area (Å²) < 4.78 is 34.2. The van der Waals surface area contributed by atoms with Crippen molar-refractivity contribution in [1.29, 1.82) is 0 Å². The van der Waals surface area contributed by atoms with Crippen molar-refractivity contribution in [3.05, 3.63) is 83.4 Å². The molecule has 6 nitrogen and oxygen atoms in total. The fourth-order valence-electron chi connectivity index (χ4n) is 2.84. The summed E-state index contributed by atoms with van der Waals surface area (Å²) in [4.78, 5) is 12.4. The molecule has 0 radical (unpaired) electrons. The molecule has 0 aliphatic carbocycles. The number of ether oxygens (including phenoxy) is 2. The molecule has 1 amide bonds. The molecular weight excluding hydrogens is 450 g/mol. The van der Waals surface area contributed by atoms with Gasteiger partial charge in [0.25, 0.3) is 0 Å². The molecule has 0 atom stereocenters. The highest BCUT2D eigenvalue weighted by Gasteiger charge is 2.07. The van der Waals surface area contributed by atoms with Crippen LogP contribution in [0.3, 0.4) is 0 Å². The van der Waals surface area contributed by atoms with Gasteiger partial charge in [-0.25, -0.2) is 8.42 Å². The number of benzene rings is 3. The van der Waals surface area contributed by atoms with E-state index < -0.39 is 9.84 Å². The van der Waals surface area contributed by atoms with Gasteiger partial charge in [-0.2, -0.15) is 0 Å². The lowest BCUT2D eigenvalue weighted by molar-refractivity contribution is -0.116. The van der Waals surface area contributed by atoms with Crippen LogP contribution in [0.25, 0.3) is 0 Å². The molecular formula is C24H24ClNO5S. The van der Waals surface area contributed by atoms with Gasteiger partial charge in [0.15, 0.2) is 9.84 Å². The molecule has 0 aliphatic rings. The molecule has 3 aromatic rings. The molecule has 0 spiro atoms. The van der Waals surface area contributed by atoms with Gasteiger partial charge in [-0.3, -0.25) is 4.79 Å². The van der Waals surface area contributed by atoms with E-state index in [4.69, 9.17) is 21.1 Å².